The van der Waals surface area contributed by atoms with Gasteiger partial charge in [0, 0.05) is 23.1 Å². The Morgan fingerprint density at radius 2 is 2.03 bits per heavy atom. The summed E-state index contributed by atoms with van der Waals surface area (Å²) in [5.74, 6) is 0.398. The van der Waals surface area contributed by atoms with Gasteiger partial charge in [-0.1, -0.05) is 12.1 Å². The number of carbonyl (C=O) groups excluding carboxylic acids is 2. The quantitative estimate of drug-likeness (QED) is 0.441. The van der Waals surface area contributed by atoms with Crippen LogP contribution in [0.4, 0.5) is 4.39 Å². The summed E-state index contributed by atoms with van der Waals surface area (Å²) in [6.07, 6.45) is 5.77. The largest absolute Gasteiger partial charge is 0.497 e. The maximum absolute atomic E-state index is 13.5. The number of methoxy groups -OCH3 is 1. The van der Waals surface area contributed by atoms with Crippen molar-refractivity contribution in [2.45, 2.75) is 32.7 Å². The first-order chi connectivity index (χ1) is 14.9. The second kappa shape index (κ2) is 8.80. The van der Waals surface area contributed by atoms with E-state index in [-0.39, 0.29) is 23.3 Å². The molecular formula is C26H25FNO3+. The van der Waals surface area contributed by atoms with Crippen LogP contribution >= 0.6 is 0 Å². The molecule has 3 aromatic rings. The van der Waals surface area contributed by atoms with E-state index in [9.17, 15) is 14.0 Å². The van der Waals surface area contributed by atoms with E-state index in [1.807, 2.05) is 41.1 Å². The van der Waals surface area contributed by atoms with E-state index in [1.54, 1.807) is 19.4 Å². The summed E-state index contributed by atoms with van der Waals surface area (Å²) >= 11 is 0. The van der Waals surface area contributed by atoms with Crippen molar-refractivity contribution in [3.63, 3.8) is 0 Å². The molecule has 0 N–H and O–H groups in total. The summed E-state index contributed by atoms with van der Waals surface area (Å²) in [4.78, 5) is 25.4. The highest BCUT2D eigenvalue weighted by molar-refractivity contribution is 6.01. The van der Waals surface area contributed by atoms with Crippen molar-refractivity contribution in [3.05, 3.63) is 94.6 Å². The van der Waals surface area contributed by atoms with Crippen molar-refractivity contribution < 1.29 is 23.3 Å². The van der Waals surface area contributed by atoms with E-state index in [2.05, 4.69) is 0 Å². The van der Waals surface area contributed by atoms with Crippen LogP contribution in [-0.4, -0.2) is 18.7 Å². The molecule has 0 fully saturated rings. The van der Waals surface area contributed by atoms with Crippen LogP contribution in [0.15, 0.2) is 60.9 Å². The minimum Gasteiger partial charge on any atom is -0.497 e. The number of hydrogen-bond donors (Lipinski definition) is 0. The number of nitrogens with zero attached hydrogens (tertiary/aromatic N) is 1. The Balaban J connectivity index is 1.56. The van der Waals surface area contributed by atoms with Crippen LogP contribution in [0, 0.1) is 11.7 Å². The first kappa shape index (κ1) is 20.9. The fourth-order valence-corrected chi connectivity index (χ4v) is 4.29. The molecule has 1 aliphatic carbocycles. The van der Waals surface area contributed by atoms with E-state index in [4.69, 9.17) is 4.74 Å². The summed E-state index contributed by atoms with van der Waals surface area (Å²) in [6.45, 7) is 2.01. The van der Waals surface area contributed by atoms with Crippen LogP contribution in [0.25, 0.3) is 0 Å². The third kappa shape index (κ3) is 4.55. The number of halogens is 1. The Morgan fingerprint density at radius 3 is 2.77 bits per heavy atom. The van der Waals surface area contributed by atoms with Gasteiger partial charge in [0.2, 0.25) is 0 Å². The first-order valence-electron chi connectivity index (χ1n) is 10.4. The number of carbonyl (C=O) groups is 2. The highest BCUT2D eigenvalue weighted by atomic mass is 19.1. The lowest BCUT2D eigenvalue weighted by atomic mass is 9.79. The van der Waals surface area contributed by atoms with E-state index in [1.165, 1.54) is 19.1 Å². The molecule has 158 valence electrons. The minimum absolute atomic E-state index is 0.0445. The van der Waals surface area contributed by atoms with Crippen LogP contribution in [0.1, 0.15) is 50.8 Å². The van der Waals surface area contributed by atoms with Gasteiger partial charge in [0.05, 0.1) is 12.7 Å². The predicted molar refractivity (Wildman–Crippen MR) is 115 cm³/mol. The molecule has 0 radical (unpaired) electrons. The second-order valence-electron chi connectivity index (χ2n) is 8.07. The number of Topliss-reactive ketones (excluding diaryl/α,β-unsaturated/α-hetero) is 2. The average Bonchev–Trinajstić information content (AvgIpc) is 2.76. The van der Waals surface area contributed by atoms with Gasteiger partial charge in [0.25, 0.3) is 0 Å². The van der Waals surface area contributed by atoms with Gasteiger partial charge in [0.1, 0.15) is 11.6 Å². The molecule has 31 heavy (non-hydrogen) atoms. The highest BCUT2D eigenvalue weighted by Gasteiger charge is 2.29. The second-order valence-corrected chi connectivity index (χ2v) is 8.07. The molecule has 0 bridgehead atoms. The first-order valence-corrected chi connectivity index (χ1v) is 10.4. The van der Waals surface area contributed by atoms with Gasteiger partial charge in [0.15, 0.2) is 30.5 Å². The lowest BCUT2D eigenvalue weighted by molar-refractivity contribution is -0.688. The number of aromatic nitrogens is 1. The normalized spacial score (nSPS) is 15.5. The molecule has 5 heteroatoms. The lowest BCUT2D eigenvalue weighted by Crippen LogP contribution is -2.35. The van der Waals surface area contributed by atoms with Crippen LogP contribution in [-0.2, 0) is 19.4 Å². The molecule has 1 heterocycles. The van der Waals surface area contributed by atoms with Crippen LogP contribution in [0.3, 0.4) is 0 Å². The van der Waals surface area contributed by atoms with Gasteiger partial charge in [-0.3, -0.25) is 9.59 Å². The number of benzene rings is 2. The fraction of sp³-hybridized carbons (Fsp3) is 0.269. The van der Waals surface area contributed by atoms with Crippen molar-refractivity contribution in [3.8, 4) is 5.75 Å². The number of aryl methyl sites for hydroxylation is 1. The molecule has 0 saturated carbocycles. The monoisotopic (exact) mass is 418 g/mol. The lowest BCUT2D eigenvalue weighted by Gasteiger charge is -2.24. The van der Waals surface area contributed by atoms with Gasteiger partial charge < -0.3 is 4.74 Å². The molecular weight excluding hydrogens is 393 g/mol. The smallest absolute Gasteiger partial charge is 0.180 e. The molecule has 0 spiro atoms. The predicted octanol–water partition coefficient (Wildman–Crippen LogP) is 4.36. The van der Waals surface area contributed by atoms with Gasteiger partial charge in [-0.15, -0.1) is 0 Å². The molecule has 1 atom stereocenters. The number of ether oxygens (including phenoxy) is 1. The van der Waals surface area contributed by atoms with Crippen molar-refractivity contribution in [2.24, 2.45) is 5.92 Å². The molecule has 0 saturated heterocycles. The van der Waals surface area contributed by atoms with E-state index < -0.39 is 0 Å². The summed E-state index contributed by atoms with van der Waals surface area (Å²) in [5.41, 5.74) is 4.07. The molecule has 4 rings (SSSR count). The number of fused-ring (bicyclic) bond motifs is 1. The Kier molecular flexibility index (Phi) is 5.94. The highest BCUT2D eigenvalue weighted by Crippen LogP contribution is 2.31. The van der Waals surface area contributed by atoms with Crippen LogP contribution < -0.4 is 9.30 Å². The maximum atomic E-state index is 13.5. The third-order valence-corrected chi connectivity index (χ3v) is 5.92. The topological polar surface area (TPSA) is 47.2 Å². The molecule has 0 aliphatic heterocycles. The molecule has 1 aliphatic rings. The van der Waals surface area contributed by atoms with Gasteiger partial charge in [-0.05, 0) is 67.6 Å². The number of pyridine rings is 1. The summed E-state index contributed by atoms with van der Waals surface area (Å²) in [7, 11) is 1.62. The number of ketones is 2. The molecule has 1 unspecified atom stereocenters. The molecule has 4 nitrogen and oxygen atoms in total. The zero-order valence-corrected chi connectivity index (χ0v) is 17.7. The maximum Gasteiger partial charge on any atom is 0.180 e. The Hall–Kier alpha value is -3.34. The van der Waals surface area contributed by atoms with Crippen molar-refractivity contribution in [2.75, 3.05) is 7.11 Å². The van der Waals surface area contributed by atoms with Crippen molar-refractivity contribution >= 4 is 11.6 Å². The third-order valence-electron chi connectivity index (χ3n) is 5.92. The SMILES string of the molecule is COc1ccc2c(c1)CCC(Cc1cc[n+](Cc3cccc(F)c3)cc1C(C)=O)C2=O. The van der Waals surface area contributed by atoms with Crippen molar-refractivity contribution in [1.29, 1.82) is 0 Å². The van der Waals surface area contributed by atoms with Gasteiger partial charge in [-0.2, -0.15) is 0 Å². The minimum atomic E-state index is -0.282. The Morgan fingerprint density at radius 1 is 1.19 bits per heavy atom. The van der Waals surface area contributed by atoms with E-state index in [0.717, 1.165) is 40.8 Å². The van der Waals surface area contributed by atoms with Crippen molar-refractivity contribution in [1.82, 2.24) is 0 Å². The van der Waals surface area contributed by atoms with Crippen LogP contribution in [0.5, 0.6) is 5.75 Å². The number of rotatable bonds is 6. The molecule has 0 amide bonds. The Labute approximate surface area is 181 Å². The van der Waals surface area contributed by atoms with Crippen LogP contribution in [0.2, 0.25) is 0 Å². The standard InChI is InChI=1S/C26H25FNO3/c1-17(29)25-16-28(15-18-4-3-5-22(27)12-18)11-10-20(25)13-21-7-6-19-14-23(31-2)8-9-24(19)26(21)30/h3-5,8-12,14,16,21H,6-7,13,15H2,1-2H3/q+1. The van der Waals surface area contributed by atoms with Gasteiger partial charge in [-0.25, -0.2) is 8.96 Å². The molecule has 1 aromatic heterocycles. The Bertz CT molecular complexity index is 1160. The zero-order chi connectivity index (χ0) is 22.0. The average molecular weight is 418 g/mol. The van der Waals surface area contributed by atoms with Gasteiger partial charge >= 0.3 is 0 Å². The van der Waals surface area contributed by atoms with E-state index >= 15 is 0 Å². The molecule has 2 aromatic carbocycles. The zero-order valence-electron chi connectivity index (χ0n) is 17.7. The fourth-order valence-electron chi connectivity index (χ4n) is 4.29. The summed E-state index contributed by atoms with van der Waals surface area (Å²) in [5, 5.41) is 0. The number of hydrogen-bond acceptors (Lipinski definition) is 3. The summed E-state index contributed by atoms with van der Waals surface area (Å²) in [6, 6.07) is 13.9. The summed E-state index contributed by atoms with van der Waals surface area (Å²) < 4.78 is 20.6. The van der Waals surface area contributed by atoms with E-state index in [0.29, 0.717) is 18.5 Å².